The summed E-state index contributed by atoms with van der Waals surface area (Å²) in [6.45, 7) is 4.79. The van der Waals surface area contributed by atoms with Crippen LogP contribution in [0.5, 0.6) is 0 Å². The van der Waals surface area contributed by atoms with Crippen LogP contribution in [0, 0.1) is 0 Å². The van der Waals surface area contributed by atoms with E-state index in [-0.39, 0.29) is 11.9 Å². The second kappa shape index (κ2) is 8.09. The van der Waals surface area contributed by atoms with E-state index in [4.69, 9.17) is 16.6 Å². The summed E-state index contributed by atoms with van der Waals surface area (Å²) in [6, 6.07) is 7.35. The number of hydrogen-bond donors (Lipinski definition) is 3. The van der Waals surface area contributed by atoms with Crippen molar-refractivity contribution in [3.63, 3.8) is 0 Å². The number of nitrogens with zero attached hydrogens (tertiary/aromatic N) is 5. The highest BCUT2D eigenvalue weighted by atomic mass is 35.5. The average Bonchev–Trinajstić information content (AvgIpc) is 3.28. The molecule has 5 rings (SSSR count). The van der Waals surface area contributed by atoms with Crippen LogP contribution in [0.25, 0.3) is 21.9 Å². The molecule has 4 aromatic rings. The molecule has 1 fully saturated rings. The topological polar surface area (TPSA) is 112 Å². The van der Waals surface area contributed by atoms with E-state index in [1.807, 2.05) is 30.0 Å². The Balaban J connectivity index is 1.55. The molecule has 0 spiro atoms. The van der Waals surface area contributed by atoms with Gasteiger partial charge in [0, 0.05) is 31.6 Å². The third-order valence-corrected chi connectivity index (χ3v) is 5.77. The normalized spacial score (nSPS) is 15.4. The number of carbonyl (C=O) groups is 1. The number of amides is 1. The zero-order chi connectivity index (χ0) is 21.4. The van der Waals surface area contributed by atoms with Gasteiger partial charge in [-0.3, -0.25) is 4.79 Å². The number of aromatic amines is 1. The van der Waals surface area contributed by atoms with Crippen molar-refractivity contribution in [3.8, 4) is 0 Å². The first-order chi connectivity index (χ1) is 15.1. The fourth-order valence-corrected chi connectivity index (χ4v) is 4.11. The SMILES string of the molecule is C[C@H](Nc1ncnc2nc[nH]c12)c1cc2cccc(Cl)c2c(C(=O)N2CCNCC2)n1. The molecule has 31 heavy (non-hydrogen) atoms. The molecule has 158 valence electrons. The number of rotatable bonds is 4. The van der Waals surface area contributed by atoms with Crippen molar-refractivity contribution in [2.75, 3.05) is 31.5 Å². The highest BCUT2D eigenvalue weighted by Crippen LogP contribution is 2.30. The number of nitrogens with one attached hydrogen (secondary N) is 3. The Morgan fingerprint density at radius 1 is 1.23 bits per heavy atom. The third-order valence-electron chi connectivity index (χ3n) is 5.45. The molecule has 9 nitrogen and oxygen atoms in total. The van der Waals surface area contributed by atoms with Gasteiger partial charge in [-0.25, -0.2) is 19.9 Å². The van der Waals surface area contributed by atoms with E-state index in [0.29, 0.717) is 40.7 Å². The summed E-state index contributed by atoms with van der Waals surface area (Å²) < 4.78 is 0. The van der Waals surface area contributed by atoms with E-state index >= 15 is 0 Å². The monoisotopic (exact) mass is 436 g/mol. The maximum atomic E-state index is 13.4. The highest BCUT2D eigenvalue weighted by molar-refractivity contribution is 6.36. The summed E-state index contributed by atoms with van der Waals surface area (Å²) in [4.78, 5) is 35.6. The molecule has 0 bridgehead atoms. The Morgan fingerprint density at radius 3 is 2.90 bits per heavy atom. The first kappa shape index (κ1) is 19.7. The molecule has 3 aromatic heterocycles. The molecule has 3 N–H and O–H groups in total. The van der Waals surface area contributed by atoms with E-state index in [0.717, 1.165) is 29.7 Å². The van der Waals surface area contributed by atoms with Gasteiger partial charge in [0.2, 0.25) is 0 Å². The van der Waals surface area contributed by atoms with E-state index in [1.54, 1.807) is 12.4 Å². The minimum absolute atomic E-state index is 0.105. The first-order valence-corrected chi connectivity index (χ1v) is 10.5. The van der Waals surface area contributed by atoms with Gasteiger partial charge in [-0.2, -0.15) is 0 Å². The number of carbonyl (C=O) groups excluding carboxylic acids is 1. The van der Waals surface area contributed by atoms with Crippen molar-refractivity contribution in [1.82, 2.24) is 35.1 Å². The van der Waals surface area contributed by atoms with E-state index in [1.165, 1.54) is 6.33 Å². The fourth-order valence-electron chi connectivity index (χ4n) is 3.84. The minimum Gasteiger partial charge on any atom is -0.360 e. The third kappa shape index (κ3) is 3.66. The molecule has 1 amide bonds. The fraction of sp³-hybridized carbons (Fsp3) is 0.286. The van der Waals surface area contributed by atoms with Crippen LogP contribution in [0.2, 0.25) is 5.02 Å². The molecule has 1 aliphatic heterocycles. The lowest BCUT2D eigenvalue weighted by molar-refractivity contribution is 0.0732. The summed E-state index contributed by atoms with van der Waals surface area (Å²) in [5, 5.41) is 8.70. The van der Waals surface area contributed by atoms with Crippen molar-refractivity contribution < 1.29 is 4.79 Å². The van der Waals surface area contributed by atoms with Gasteiger partial charge >= 0.3 is 0 Å². The molecule has 1 atom stereocenters. The van der Waals surface area contributed by atoms with Crippen molar-refractivity contribution in [2.45, 2.75) is 13.0 Å². The largest absolute Gasteiger partial charge is 0.360 e. The zero-order valence-electron chi connectivity index (χ0n) is 16.9. The summed E-state index contributed by atoms with van der Waals surface area (Å²) in [5.41, 5.74) is 2.40. The van der Waals surface area contributed by atoms with Gasteiger partial charge < -0.3 is 20.5 Å². The van der Waals surface area contributed by atoms with Crippen molar-refractivity contribution in [2.24, 2.45) is 0 Å². The lowest BCUT2D eigenvalue weighted by Gasteiger charge is -2.28. The highest BCUT2D eigenvalue weighted by Gasteiger charge is 2.24. The molecule has 0 saturated carbocycles. The number of pyridine rings is 1. The van der Waals surface area contributed by atoms with Crippen LogP contribution < -0.4 is 10.6 Å². The second-order valence-corrected chi connectivity index (χ2v) is 7.87. The van der Waals surface area contributed by atoms with Crippen LogP contribution in [0.4, 0.5) is 5.82 Å². The lowest BCUT2D eigenvalue weighted by atomic mass is 10.0. The van der Waals surface area contributed by atoms with Crippen LogP contribution in [0.3, 0.4) is 0 Å². The number of anilines is 1. The number of H-pyrrole nitrogens is 1. The number of hydrogen-bond acceptors (Lipinski definition) is 7. The average molecular weight is 437 g/mol. The molecule has 0 radical (unpaired) electrons. The molecule has 0 unspecified atom stereocenters. The molecule has 1 aromatic carbocycles. The van der Waals surface area contributed by atoms with Crippen LogP contribution in [-0.2, 0) is 0 Å². The first-order valence-electron chi connectivity index (χ1n) is 10.1. The number of imidazole rings is 1. The van der Waals surface area contributed by atoms with Crippen molar-refractivity contribution >= 4 is 45.3 Å². The molecule has 0 aliphatic carbocycles. The molecule has 1 saturated heterocycles. The number of piperazine rings is 1. The van der Waals surface area contributed by atoms with Gasteiger partial charge in [-0.05, 0) is 24.4 Å². The summed E-state index contributed by atoms with van der Waals surface area (Å²) in [6.07, 6.45) is 3.04. The Labute approximate surface area is 183 Å². The standard InChI is InChI=1S/C21H21ClN8O/c1-12(28-20-18-19(25-10-24-18)26-11-27-20)15-9-13-3-2-4-14(22)16(13)17(29-15)21(31)30-7-5-23-6-8-30/h2-4,9-12,23H,5-8H2,1H3,(H2,24,25,26,27,28)/t12-/m0/s1. The number of fused-ring (bicyclic) bond motifs is 2. The molecule has 1 aliphatic rings. The predicted molar refractivity (Wildman–Crippen MR) is 119 cm³/mol. The Kier molecular flexibility index (Phi) is 5.13. The smallest absolute Gasteiger partial charge is 0.273 e. The van der Waals surface area contributed by atoms with Crippen LogP contribution in [-0.4, -0.2) is 61.9 Å². The van der Waals surface area contributed by atoms with Gasteiger partial charge in [0.05, 0.1) is 23.1 Å². The molecular weight excluding hydrogens is 416 g/mol. The quantitative estimate of drug-likeness (QED) is 0.451. The number of benzene rings is 1. The summed E-state index contributed by atoms with van der Waals surface area (Å²) >= 11 is 6.49. The van der Waals surface area contributed by atoms with Gasteiger partial charge in [-0.15, -0.1) is 0 Å². The van der Waals surface area contributed by atoms with Gasteiger partial charge in [-0.1, -0.05) is 23.7 Å². The van der Waals surface area contributed by atoms with E-state index < -0.39 is 0 Å². The van der Waals surface area contributed by atoms with Crippen LogP contribution >= 0.6 is 11.6 Å². The maximum Gasteiger partial charge on any atom is 0.273 e. The maximum absolute atomic E-state index is 13.4. The summed E-state index contributed by atoms with van der Waals surface area (Å²) in [5.74, 6) is 0.518. The number of halogens is 1. The molecular formula is C21H21ClN8O. The van der Waals surface area contributed by atoms with Crippen LogP contribution in [0.15, 0.2) is 36.9 Å². The van der Waals surface area contributed by atoms with Crippen LogP contribution in [0.1, 0.15) is 29.1 Å². The van der Waals surface area contributed by atoms with Gasteiger partial charge in [0.25, 0.3) is 5.91 Å². The zero-order valence-corrected chi connectivity index (χ0v) is 17.6. The Hall–Kier alpha value is -3.30. The molecule has 10 heteroatoms. The predicted octanol–water partition coefficient (Wildman–Crippen LogP) is 2.77. The van der Waals surface area contributed by atoms with Crippen molar-refractivity contribution in [3.05, 3.63) is 53.3 Å². The van der Waals surface area contributed by atoms with Gasteiger partial charge in [0.1, 0.15) is 17.5 Å². The Morgan fingerprint density at radius 2 is 2.06 bits per heavy atom. The van der Waals surface area contributed by atoms with Gasteiger partial charge in [0.15, 0.2) is 11.5 Å². The Bertz CT molecular complexity index is 1270. The van der Waals surface area contributed by atoms with Crippen molar-refractivity contribution in [1.29, 1.82) is 0 Å². The van der Waals surface area contributed by atoms with E-state index in [9.17, 15) is 4.79 Å². The van der Waals surface area contributed by atoms with E-state index in [2.05, 4.69) is 30.6 Å². The second-order valence-electron chi connectivity index (χ2n) is 7.47. The minimum atomic E-state index is -0.223. The lowest BCUT2D eigenvalue weighted by Crippen LogP contribution is -2.46. The number of aromatic nitrogens is 5. The molecule has 4 heterocycles. The summed E-state index contributed by atoms with van der Waals surface area (Å²) in [7, 11) is 0.